The van der Waals surface area contributed by atoms with E-state index < -0.39 is 17.9 Å². The normalized spacial score (nSPS) is 11.8. The highest BCUT2D eigenvalue weighted by Crippen LogP contribution is 2.17. The number of carboxylic acid groups (broad SMARTS) is 3. The fourth-order valence-corrected chi connectivity index (χ4v) is 5.23. The monoisotopic (exact) mass is 539 g/mol. The number of quaternary nitrogens is 1. The van der Waals surface area contributed by atoms with Gasteiger partial charge in [0.1, 0.15) is 0 Å². The Morgan fingerprint density at radius 1 is 0.553 bits per heavy atom. The molecule has 0 radical (unpaired) electrons. The van der Waals surface area contributed by atoms with Crippen LogP contribution in [-0.2, 0) is 14.4 Å². The molecule has 0 atom stereocenters. The highest BCUT2D eigenvalue weighted by molar-refractivity contribution is 5.66. The van der Waals surface area contributed by atoms with Crippen LogP contribution in [0.3, 0.4) is 0 Å². The predicted octanol–water partition coefficient (Wildman–Crippen LogP) is 6.49. The molecule has 2 N–H and O–H groups in total. The zero-order valence-corrected chi connectivity index (χ0v) is 24.3. The van der Waals surface area contributed by atoms with E-state index in [0.717, 1.165) is 19.4 Å². The van der Waals surface area contributed by atoms with Gasteiger partial charge in [-0.15, -0.1) is 0 Å². The Balaban J connectivity index is 4.30. The van der Waals surface area contributed by atoms with Crippen LogP contribution in [0.5, 0.6) is 0 Å². The second kappa shape index (κ2) is 25.4. The Hall–Kier alpha value is -1.89. The molecule has 7 heteroatoms. The van der Waals surface area contributed by atoms with Crippen molar-refractivity contribution in [3.8, 4) is 0 Å². The maximum Gasteiger partial charge on any atom is 0.303 e. The van der Waals surface area contributed by atoms with Gasteiger partial charge in [0.25, 0.3) is 0 Å². The Morgan fingerprint density at radius 3 is 1.37 bits per heavy atom. The van der Waals surface area contributed by atoms with Crippen molar-refractivity contribution >= 4 is 17.9 Å². The molecule has 0 aliphatic heterocycles. The van der Waals surface area contributed by atoms with Crippen LogP contribution in [0.1, 0.15) is 142 Å². The van der Waals surface area contributed by atoms with Gasteiger partial charge < -0.3 is 24.6 Å². The number of nitrogens with zero attached hydrogens (tertiary/aromatic N) is 1. The molecule has 0 heterocycles. The van der Waals surface area contributed by atoms with E-state index in [9.17, 15) is 19.5 Å². The zero-order chi connectivity index (χ0) is 28.3. The summed E-state index contributed by atoms with van der Waals surface area (Å²) in [6.45, 7) is 4.86. The van der Waals surface area contributed by atoms with Gasteiger partial charge in [0.05, 0.1) is 39.0 Å². The van der Waals surface area contributed by atoms with Crippen molar-refractivity contribution in [3.05, 3.63) is 12.2 Å². The lowest BCUT2D eigenvalue weighted by atomic mass is 10.0. The number of hydrogen-bond acceptors (Lipinski definition) is 4. The summed E-state index contributed by atoms with van der Waals surface area (Å²) >= 11 is 0. The van der Waals surface area contributed by atoms with Gasteiger partial charge in [0.15, 0.2) is 0 Å². The summed E-state index contributed by atoms with van der Waals surface area (Å²) in [6, 6.07) is 0. The van der Waals surface area contributed by atoms with Gasteiger partial charge in [-0.1, -0.05) is 96.1 Å². The highest BCUT2D eigenvalue weighted by atomic mass is 16.4. The van der Waals surface area contributed by atoms with Crippen LogP contribution in [-0.4, -0.2) is 58.8 Å². The van der Waals surface area contributed by atoms with Crippen LogP contribution in [0.25, 0.3) is 0 Å². The van der Waals surface area contributed by atoms with Crippen LogP contribution >= 0.6 is 0 Å². The third-order valence-corrected chi connectivity index (χ3v) is 7.47. The maximum absolute atomic E-state index is 11.0. The van der Waals surface area contributed by atoms with E-state index >= 15 is 0 Å². The molecule has 0 aliphatic rings. The SMILES string of the molecule is CCCCCCCCCCCCCCC/C=C/CC[N+](CCCC(=O)[O-])(CCCC(=O)O)CCCC(=O)O. The van der Waals surface area contributed by atoms with E-state index in [1.165, 1.54) is 83.5 Å². The standard InChI is InChI=1S/C31H57NO6/c1-2-3-4-5-6-7-8-9-10-11-12-13-14-15-16-17-18-25-32(26-19-22-29(33)34,27-20-23-30(35)36)28-21-24-31(37)38/h16-17H,2-15,18-28H2,1H3,(H2-,33,34,35,36,37,38)/b17-16+. The molecule has 38 heavy (non-hydrogen) atoms. The molecule has 0 saturated heterocycles. The first-order valence-corrected chi connectivity index (χ1v) is 15.4. The number of rotatable bonds is 29. The molecule has 0 amide bonds. The van der Waals surface area contributed by atoms with Crippen LogP contribution in [0.4, 0.5) is 0 Å². The number of allylic oxidation sites excluding steroid dienone is 1. The summed E-state index contributed by atoms with van der Waals surface area (Å²) in [5.41, 5.74) is 0. The van der Waals surface area contributed by atoms with Gasteiger partial charge in [-0.25, -0.2) is 0 Å². The molecule has 0 rings (SSSR count). The van der Waals surface area contributed by atoms with Crippen LogP contribution in [0.2, 0.25) is 0 Å². The molecule has 0 spiro atoms. The smallest absolute Gasteiger partial charge is 0.303 e. The van der Waals surface area contributed by atoms with Crippen molar-refractivity contribution in [1.82, 2.24) is 0 Å². The number of carbonyl (C=O) groups is 3. The fourth-order valence-electron chi connectivity index (χ4n) is 5.23. The lowest BCUT2D eigenvalue weighted by Crippen LogP contribution is -2.51. The van der Waals surface area contributed by atoms with E-state index in [-0.39, 0.29) is 19.3 Å². The summed E-state index contributed by atoms with van der Waals surface area (Å²) in [7, 11) is 0. The van der Waals surface area contributed by atoms with Gasteiger partial charge in [0.2, 0.25) is 0 Å². The summed E-state index contributed by atoms with van der Waals surface area (Å²) < 4.78 is 0.566. The van der Waals surface area contributed by atoms with Crippen molar-refractivity contribution in [1.29, 1.82) is 0 Å². The van der Waals surface area contributed by atoms with E-state index in [1.54, 1.807) is 0 Å². The van der Waals surface area contributed by atoms with Gasteiger partial charge >= 0.3 is 11.9 Å². The molecule has 0 fully saturated rings. The number of hydrogen-bond donors (Lipinski definition) is 2. The summed E-state index contributed by atoms with van der Waals surface area (Å²) in [6.07, 6.45) is 25.3. The van der Waals surface area contributed by atoms with Crippen molar-refractivity contribution in [3.63, 3.8) is 0 Å². The minimum atomic E-state index is -1.09. The lowest BCUT2D eigenvalue weighted by molar-refractivity contribution is -0.928. The number of aliphatic carboxylic acids is 3. The second-order valence-electron chi connectivity index (χ2n) is 11.0. The first-order chi connectivity index (χ1) is 18.3. The summed E-state index contributed by atoms with van der Waals surface area (Å²) in [5.74, 6) is -2.78. The van der Waals surface area contributed by atoms with Gasteiger partial charge in [-0.2, -0.15) is 0 Å². The van der Waals surface area contributed by atoms with Crippen molar-refractivity contribution in [2.45, 2.75) is 142 Å². The molecule has 7 nitrogen and oxygen atoms in total. The molecule has 0 aromatic rings. The minimum absolute atomic E-state index is 0.0350. The van der Waals surface area contributed by atoms with E-state index in [4.69, 9.17) is 10.2 Å². The van der Waals surface area contributed by atoms with Crippen LogP contribution in [0.15, 0.2) is 12.2 Å². The minimum Gasteiger partial charge on any atom is -0.550 e. The Labute approximate surface area is 232 Å². The van der Waals surface area contributed by atoms with E-state index in [0.29, 0.717) is 43.4 Å². The largest absolute Gasteiger partial charge is 0.550 e. The first kappa shape index (κ1) is 36.1. The van der Waals surface area contributed by atoms with E-state index in [2.05, 4.69) is 19.1 Å². The lowest BCUT2D eigenvalue weighted by Gasteiger charge is -2.39. The van der Waals surface area contributed by atoms with Crippen molar-refractivity contribution in [2.24, 2.45) is 0 Å². The molecule has 0 aliphatic carbocycles. The van der Waals surface area contributed by atoms with E-state index in [1.807, 2.05) is 0 Å². The number of unbranched alkanes of at least 4 members (excludes halogenated alkanes) is 13. The molecule has 222 valence electrons. The quantitative estimate of drug-likeness (QED) is 0.0638. The first-order valence-electron chi connectivity index (χ1n) is 15.4. The molecular formula is C31H57NO6. The summed E-state index contributed by atoms with van der Waals surface area (Å²) in [5, 5.41) is 29.0. The highest BCUT2D eigenvalue weighted by Gasteiger charge is 2.26. The average molecular weight is 540 g/mol. The number of carbonyl (C=O) groups excluding carboxylic acids is 1. The Morgan fingerprint density at radius 2 is 0.947 bits per heavy atom. The van der Waals surface area contributed by atoms with Gasteiger partial charge in [-0.05, 0) is 19.3 Å². The Bertz CT molecular complexity index is 584. The third kappa shape index (κ3) is 24.4. The van der Waals surface area contributed by atoms with Crippen LogP contribution in [0, 0.1) is 0 Å². The number of carboxylic acids is 3. The second-order valence-corrected chi connectivity index (χ2v) is 11.0. The van der Waals surface area contributed by atoms with Gasteiger partial charge in [0, 0.05) is 31.7 Å². The molecule has 0 aromatic carbocycles. The predicted molar refractivity (Wildman–Crippen MR) is 152 cm³/mol. The Kier molecular flexibility index (Phi) is 24.1. The van der Waals surface area contributed by atoms with Crippen molar-refractivity contribution < 1.29 is 34.2 Å². The van der Waals surface area contributed by atoms with Crippen molar-refractivity contribution in [2.75, 3.05) is 26.2 Å². The maximum atomic E-state index is 11.0. The fraction of sp³-hybridized carbons (Fsp3) is 0.839. The molecule has 0 saturated carbocycles. The molecule has 0 unspecified atom stereocenters. The molecule has 0 aromatic heterocycles. The zero-order valence-electron chi connectivity index (χ0n) is 24.3. The summed E-state index contributed by atoms with van der Waals surface area (Å²) in [4.78, 5) is 33.0. The molecule has 0 bridgehead atoms. The average Bonchev–Trinajstić information content (AvgIpc) is 2.85. The topological polar surface area (TPSA) is 115 Å². The third-order valence-electron chi connectivity index (χ3n) is 7.47. The van der Waals surface area contributed by atoms with Crippen LogP contribution < -0.4 is 5.11 Å². The molecular weight excluding hydrogens is 482 g/mol. The van der Waals surface area contributed by atoms with Gasteiger partial charge in [-0.3, -0.25) is 9.59 Å².